The molecule has 7 N–H and O–H groups in total. The Morgan fingerprint density at radius 3 is 2.22 bits per heavy atom. The lowest BCUT2D eigenvalue weighted by atomic mass is 9.97. The molecule has 2 fully saturated rings. The summed E-state index contributed by atoms with van der Waals surface area (Å²) in [7, 11) is 1.77. The van der Waals surface area contributed by atoms with Gasteiger partial charge in [0.2, 0.25) is 0 Å². The third kappa shape index (κ3) is 11.5. The fourth-order valence-corrected chi connectivity index (χ4v) is 6.36. The molecule has 6 rings (SSSR count). The first-order valence-corrected chi connectivity index (χ1v) is 16.4. The number of amides is 1. The fourth-order valence-electron chi connectivity index (χ4n) is 5.09. The van der Waals surface area contributed by atoms with E-state index in [1.807, 2.05) is 39.2 Å². The highest BCUT2D eigenvalue weighted by Crippen LogP contribution is 2.41. The molecule has 1 aliphatic heterocycles. The van der Waals surface area contributed by atoms with E-state index in [-0.39, 0.29) is 12.2 Å². The monoisotopic (exact) mass is 713 g/mol. The van der Waals surface area contributed by atoms with Gasteiger partial charge < -0.3 is 45.7 Å². The fraction of sp³-hybridized carbons (Fsp3) is 0.412. The van der Waals surface area contributed by atoms with Crippen LogP contribution in [0.15, 0.2) is 49.1 Å². The Kier molecular flexibility index (Phi) is 13.8. The van der Waals surface area contributed by atoms with Gasteiger partial charge in [0.15, 0.2) is 0 Å². The van der Waals surface area contributed by atoms with Gasteiger partial charge in [-0.15, -0.1) is 11.3 Å². The average Bonchev–Trinajstić information content (AvgIpc) is 3.76. The highest BCUT2D eigenvalue weighted by molar-refractivity contribution is 7.15. The van der Waals surface area contributed by atoms with Crippen LogP contribution in [0, 0.1) is 0 Å². The molecule has 1 saturated heterocycles. The number of fused-ring (bicyclic) bond motifs is 1. The van der Waals surface area contributed by atoms with E-state index in [1.54, 1.807) is 35.7 Å². The number of aromatic nitrogens is 3. The normalized spacial score (nSPS) is 14.2. The van der Waals surface area contributed by atoms with Crippen molar-refractivity contribution >= 4 is 40.5 Å². The maximum absolute atomic E-state index is 12.8. The maximum Gasteiger partial charge on any atom is 0.503 e. The number of thiazole rings is 1. The van der Waals surface area contributed by atoms with Gasteiger partial charge in [-0.25, -0.2) is 19.4 Å². The van der Waals surface area contributed by atoms with Crippen molar-refractivity contribution in [3.8, 4) is 27.4 Å². The van der Waals surface area contributed by atoms with Crippen LogP contribution in [0.1, 0.15) is 62.9 Å². The largest absolute Gasteiger partial charge is 0.503 e. The lowest BCUT2D eigenvalue weighted by Gasteiger charge is -2.25. The van der Waals surface area contributed by atoms with Gasteiger partial charge in [0, 0.05) is 60.2 Å². The topological polar surface area (TPSA) is 237 Å². The van der Waals surface area contributed by atoms with Gasteiger partial charge in [-0.1, -0.05) is 12.1 Å². The molecule has 1 aromatic carbocycles. The molecule has 15 nitrogen and oxygen atoms in total. The van der Waals surface area contributed by atoms with E-state index in [2.05, 4.69) is 28.2 Å². The number of ether oxygens (including phenoxy) is 3. The Bertz CT molecular complexity index is 1750. The van der Waals surface area contributed by atoms with Crippen molar-refractivity contribution in [2.75, 3.05) is 20.3 Å². The molecule has 1 saturated carbocycles. The summed E-state index contributed by atoms with van der Waals surface area (Å²) in [6, 6.07) is 8.44. The standard InChI is InChI=1S/C32H36N4O4S.2CH2O3.H3N/c1-32(2,3)40-31(37)36(4)19-27-29(20-10-13-38-14-11-20)41-30(35-27)26-17-34-16-22-15-21(5-8-24(22)26)25-9-12-33-18-28(25)39-23-6-7-23;2*2-1(3)4;/h5,8-9,12,15-18,20,23H,6-7,10-11,13-14,19H2,1-4H3;2*(H2,2,3,4);1H3. The van der Waals surface area contributed by atoms with E-state index in [9.17, 15) is 4.79 Å². The quantitative estimate of drug-likeness (QED) is 0.123. The molecule has 16 heteroatoms. The van der Waals surface area contributed by atoms with Crippen molar-refractivity contribution in [1.29, 1.82) is 0 Å². The van der Waals surface area contributed by atoms with Crippen LogP contribution < -0.4 is 10.9 Å². The summed E-state index contributed by atoms with van der Waals surface area (Å²) in [6.45, 7) is 7.48. The van der Waals surface area contributed by atoms with Gasteiger partial charge in [0.25, 0.3) is 0 Å². The lowest BCUT2D eigenvalue weighted by molar-refractivity contribution is 0.0281. The molecule has 0 bridgehead atoms. The number of benzene rings is 1. The Balaban J connectivity index is 0.000000681. The van der Waals surface area contributed by atoms with E-state index < -0.39 is 17.9 Å². The van der Waals surface area contributed by atoms with Crippen LogP contribution >= 0.6 is 11.3 Å². The zero-order valence-corrected chi connectivity index (χ0v) is 29.2. The molecular formula is C34H43N5O10S. The van der Waals surface area contributed by atoms with Gasteiger partial charge in [-0.3, -0.25) is 9.97 Å². The van der Waals surface area contributed by atoms with E-state index in [0.29, 0.717) is 18.6 Å². The summed E-state index contributed by atoms with van der Waals surface area (Å²) in [4.78, 5) is 46.7. The number of nitrogens with zero attached hydrogens (tertiary/aromatic N) is 4. The van der Waals surface area contributed by atoms with Gasteiger partial charge in [0.05, 0.1) is 24.5 Å². The minimum Gasteiger partial charge on any atom is -0.488 e. The third-order valence-corrected chi connectivity index (χ3v) is 8.61. The van der Waals surface area contributed by atoms with Crippen LogP contribution in [0.3, 0.4) is 0 Å². The second-order valence-electron chi connectivity index (χ2n) is 12.4. The number of rotatable bonds is 7. The van der Waals surface area contributed by atoms with E-state index in [4.69, 9.17) is 49.2 Å². The second-order valence-corrected chi connectivity index (χ2v) is 13.5. The molecule has 0 atom stereocenters. The van der Waals surface area contributed by atoms with Crippen molar-refractivity contribution in [3.63, 3.8) is 0 Å². The molecule has 4 aromatic rings. The van der Waals surface area contributed by atoms with Crippen molar-refractivity contribution in [3.05, 3.63) is 59.6 Å². The maximum atomic E-state index is 12.8. The van der Waals surface area contributed by atoms with Crippen LogP contribution in [0.25, 0.3) is 32.5 Å². The first kappa shape index (κ1) is 39.4. The molecule has 270 valence electrons. The molecule has 1 amide bonds. The molecule has 3 aromatic heterocycles. The first-order chi connectivity index (χ1) is 23.2. The van der Waals surface area contributed by atoms with Crippen molar-refractivity contribution in [1.82, 2.24) is 26.0 Å². The highest BCUT2D eigenvalue weighted by Gasteiger charge is 2.28. The summed E-state index contributed by atoms with van der Waals surface area (Å²) >= 11 is 1.70. The van der Waals surface area contributed by atoms with Crippen molar-refractivity contribution < 1.29 is 49.0 Å². The number of carboxylic acid groups (broad SMARTS) is 4. The van der Waals surface area contributed by atoms with Crippen LogP contribution in [0.2, 0.25) is 0 Å². The second kappa shape index (κ2) is 17.6. The van der Waals surface area contributed by atoms with Crippen molar-refractivity contribution in [2.45, 2.75) is 70.6 Å². The Morgan fingerprint density at radius 1 is 0.940 bits per heavy atom. The molecular weight excluding hydrogens is 670 g/mol. The van der Waals surface area contributed by atoms with Crippen LogP contribution in [0.4, 0.5) is 14.4 Å². The SMILES string of the molecule is CN(Cc1nc(-c2cncc3cc(-c4ccncc4OC4CC4)ccc23)sc1C1CCOCC1)C(=O)OC(C)(C)C.N.O=C(O)O.O=C(O)O. The molecule has 0 spiro atoms. The predicted molar refractivity (Wildman–Crippen MR) is 187 cm³/mol. The van der Waals surface area contributed by atoms with Crippen LogP contribution in [-0.2, 0) is 16.0 Å². The summed E-state index contributed by atoms with van der Waals surface area (Å²) in [5.74, 6) is 1.17. The summed E-state index contributed by atoms with van der Waals surface area (Å²) in [5.41, 5.74) is 3.44. The highest BCUT2D eigenvalue weighted by atomic mass is 32.1. The molecule has 0 radical (unpaired) electrons. The van der Waals surface area contributed by atoms with Gasteiger partial charge in [-0.2, -0.15) is 0 Å². The molecule has 0 unspecified atom stereocenters. The van der Waals surface area contributed by atoms with Crippen LogP contribution in [0.5, 0.6) is 5.75 Å². The van der Waals surface area contributed by atoms with E-state index in [1.165, 1.54) is 4.88 Å². The molecule has 50 heavy (non-hydrogen) atoms. The number of carbonyl (C=O) groups is 3. The van der Waals surface area contributed by atoms with E-state index in [0.717, 1.165) is 82.8 Å². The van der Waals surface area contributed by atoms with Gasteiger partial charge >= 0.3 is 18.4 Å². The van der Waals surface area contributed by atoms with Gasteiger partial charge in [0.1, 0.15) is 16.4 Å². The number of hydrogen-bond acceptors (Lipinski definition) is 11. The van der Waals surface area contributed by atoms with Crippen molar-refractivity contribution in [2.24, 2.45) is 0 Å². The zero-order chi connectivity index (χ0) is 35.7. The Hall–Kier alpha value is -5.06. The minimum absolute atomic E-state index is 0. The zero-order valence-electron chi connectivity index (χ0n) is 28.4. The minimum atomic E-state index is -1.83. The number of carbonyl (C=O) groups excluding carboxylic acids is 1. The summed E-state index contributed by atoms with van der Waals surface area (Å²) in [6.07, 6.45) is 7.75. The third-order valence-electron chi connectivity index (χ3n) is 7.31. The molecule has 2 aliphatic rings. The number of pyridine rings is 2. The lowest BCUT2D eigenvalue weighted by Crippen LogP contribution is -2.34. The predicted octanol–water partition coefficient (Wildman–Crippen LogP) is 7.83. The molecule has 1 aliphatic carbocycles. The Morgan fingerprint density at radius 2 is 1.60 bits per heavy atom. The average molecular weight is 714 g/mol. The van der Waals surface area contributed by atoms with Gasteiger partial charge in [-0.05, 0) is 75.5 Å². The smallest absolute Gasteiger partial charge is 0.488 e. The first-order valence-electron chi connectivity index (χ1n) is 15.6. The summed E-state index contributed by atoms with van der Waals surface area (Å²) in [5, 5.41) is 30.9. The Labute approximate surface area is 293 Å². The summed E-state index contributed by atoms with van der Waals surface area (Å²) < 4.78 is 17.4. The van der Waals surface area contributed by atoms with E-state index >= 15 is 0 Å². The molecule has 4 heterocycles. The number of hydrogen-bond donors (Lipinski definition) is 5. The van der Waals surface area contributed by atoms with Crippen LogP contribution in [-0.4, -0.2) is 90.6 Å².